The lowest BCUT2D eigenvalue weighted by molar-refractivity contribution is 0.00190. The number of hydrogen-bond acceptors (Lipinski definition) is 5. The van der Waals surface area contributed by atoms with Gasteiger partial charge < -0.3 is 14.9 Å². The third kappa shape index (κ3) is 3.42. The molecule has 2 atom stereocenters. The van der Waals surface area contributed by atoms with E-state index in [1.54, 1.807) is 24.3 Å². The van der Waals surface area contributed by atoms with Crippen LogP contribution in [-0.4, -0.2) is 33.8 Å². The van der Waals surface area contributed by atoms with Crippen molar-refractivity contribution in [2.45, 2.75) is 38.7 Å². The number of aliphatic hydroxyl groups excluding tert-OH is 1. The zero-order valence-corrected chi connectivity index (χ0v) is 13.2. The van der Waals surface area contributed by atoms with Gasteiger partial charge in [-0.25, -0.2) is 0 Å². The molecular formula is C17H21N3O3. The number of nitrogens with one attached hydrogen (secondary N) is 1. The predicted octanol–water partition coefficient (Wildman–Crippen LogP) is 2.41. The molecule has 0 bridgehead atoms. The van der Waals surface area contributed by atoms with Crippen molar-refractivity contribution >= 4 is 5.91 Å². The zero-order valence-electron chi connectivity index (χ0n) is 13.2. The Balaban J connectivity index is 1.62. The quantitative estimate of drug-likeness (QED) is 0.904. The van der Waals surface area contributed by atoms with Gasteiger partial charge in [-0.15, -0.1) is 0 Å². The molecule has 0 aliphatic heterocycles. The van der Waals surface area contributed by atoms with Crippen molar-refractivity contribution in [2.24, 2.45) is 5.41 Å². The summed E-state index contributed by atoms with van der Waals surface area (Å²) in [7, 11) is 0. The Morgan fingerprint density at radius 2 is 2.17 bits per heavy atom. The standard InChI is InChI=1S/C17H21N3O3/c1-17(9-3-2-4-14(17)21)10-18-16(22)13-7-5-12(6-8-13)15-19-11-23-20-15/h5-8,11,14,21H,2-4,9-10H2,1H3,(H,18,22). The molecule has 1 fully saturated rings. The van der Waals surface area contributed by atoms with E-state index in [0.29, 0.717) is 17.9 Å². The summed E-state index contributed by atoms with van der Waals surface area (Å²) in [6.45, 7) is 2.52. The van der Waals surface area contributed by atoms with Crippen molar-refractivity contribution in [3.8, 4) is 11.4 Å². The number of aliphatic hydroxyl groups is 1. The Kier molecular flexibility index (Phi) is 4.43. The topological polar surface area (TPSA) is 88.3 Å². The summed E-state index contributed by atoms with van der Waals surface area (Å²) in [6.07, 6.45) is 4.82. The number of amides is 1. The highest BCUT2D eigenvalue weighted by Crippen LogP contribution is 2.35. The summed E-state index contributed by atoms with van der Waals surface area (Å²) in [5.74, 6) is 0.360. The summed E-state index contributed by atoms with van der Waals surface area (Å²) < 4.78 is 4.71. The molecule has 6 nitrogen and oxygen atoms in total. The van der Waals surface area contributed by atoms with Crippen molar-refractivity contribution in [1.29, 1.82) is 0 Å². The first-order valence-corrected chi connectivity index (χ1v) is 7.91. The molecule has 0 radical (unpaired) electrons. The van der Waals surface area contributed by atoms with Gasteiger partial charge in [0.2, 0.25) is 12.2 Å². The molecule has 1 aromatic carbocycles. The first-order valence-electron chi connectivity index (χ1n) is 7.91. The number of carbonyl (C=O) groups is 1. The predicted molar refractivity (Wildman–Crippen MR) is 84.6 cm³/mol. The lowest BCUT2D eigenvalue weighted by Crippen LogP contribution is -2.45. The molecule has 1 aliphatic carbocycles. The average Bonchev–Trinajstić information content (AvgIpc) is 3.10. The maximum Gasteiger partial charge on any atom is 0.251 e. The normalized spacial score (nSPS) is 24.3. The highest BCUT2D eigenvalue weighted by atomic mass is 16.5. The molecule has 0 spiro atoms. The fraction of sp³-hybridized carbons (Fsp3) is 0.471. The molecule has 2 unspecified atom stereocenters. The number of hydrogen-bond donors (Lipinski definition) is 2. The summed E-state index contributed by atoms with van der Waals surface area (Å²) in [6, 6.07) is 7.05. The van der Waals surface area contributed by atoms with Crippen LogP contribution in [0.25, 0.3) is 11.4 Å². The first kappa shape index (κ1) is 15.7. The van der Waals surface area contributed by atoms with Crippen LogP contribution < -0.4 is 5.32 Å². The third-order valence-electron chi connectivity index (χ3n) is 4.70. The molecule has 1 aromatic heterocycles. The van der Waals surface area contributed by atoms with Crippen LogP contribution in [-0.2, 0) is 0 Å². The third-order valence-corrected chi connectivity index (χ3v) is 4.70. The van der Waals surface area contributed by atoms with Crippen molar-refractivity contribution in [2.75, 3.05) is 6.54 Å². The molecule has 0 saturated heterocycles. The van der Waals surface area contributed by atoms with Gasteiger partial charge in [-0.2, -0.15) is 4.98 Å². The summed E-state index contributed by atoms with van der Waals surface area (Å²) in [5.41, 5.74) is 1.13. The van der Waals surface area contributed by atoms with E-state index in [-0.39, 0.29) is 17.4 Å². The van der Waals surface area contributed by atoms with Gasteiger partial charge in [-0.05, 0) is 25.0 Å². The van der Waals surface area contributed by atoms with Gasteiger partial charge in [0, 0.05) is 23.1 Å². The van der Waals surface area contributed by atoms with Crippen LogP contribution >= 0.6 is 0 Å². The van der Waals surface area contributed by atoms with Crippen molar-refractivity contribution < 1.29 is 14.4 Å². The van der Waals surface area contributed by atoms with Crippen molar-refractivity contribution in [3.05, 3.63) is 36.2 Å². The molecule has 23 heavy (non-hydrogen) atoms. The van der Waals surface area contributed by atoms with Gasteiger partial charge in [-0.1, -0.05) is 37.1 Å². The lowest BCUT2D eigenvalue weighted by Gasteiger charge is -2.38. The molecule has 2 aromatic rings. The van der Waals surface area contributed by atoms with E-state index in [9.17, 15) is 9.90 Å². The van der Waals surface area contributed by atoms with Crippen molar-refractivity contribution in [1.82, 2.24) is 15.5 Å². The van der Waals surface area contributed by atoms with Crippen LogP contribution in [0.4, 0.5) is 0 Å². The zero-order chi connectivity index (χ0) is 16.3. The largest absolute Gasteiger partial charge is 0.392 e. The van der Waals surface area contributed by atoms with Crippen LogP contribution in [0.3, 0.4) is 0 Å². The van der Waals surface area contributed by atoms with Crippen LogP contribution in [0.2, 0.25) is 0 Å². The van der Waals surface area contributed by atoms with Gasteiger partial charge in [0.15, 0.2) is 0 Å². The second kappa shape index (κ2) is 6.50. The van der Waals surface area contributed by atoms with E-state index in [1.807, 2.05) is 6.92 Å². The van der Waals surface area contributed by atoms with Gasteiger partial charge in [0.25, 0.3) is 5.91 Å². The molecular weight excluding hydrogens is 294 g/mol. The Hall–Kier alpha value is -2.21. The SMILES string of the molecule is CC1(CNC(=O)c2ccc(-c3ncon3)cc2)CCCCC1O. The Morgan fingerprint density at radius 3 is 2.83 bits per heavy atom. The number of nitrogens with zero attached hydrogens (tertiary/aromatic N) is 2. The molecule has 1 heterocycles. The Labute approximate surface area is 134 Å². The van der Waals surface area contributed by atoms with E-state index < -0.39 is 0 Å². The lowest BCUT2D eigenvalue weighted by atomic mass is 9.73. The molecule has 1 aliphatic rings. The second-order valence-corrected chi connectivity index (χ2v) is 6.43. The van der Waals surface area contributed by atoms with Crippen LogP contribution in [0.5, 0.6) is 0 Å². The monoisotopic (exact) mass is 315 g/mol. The summed E-state index contributed by atoms with van der Waals surface area (Å²) in [5, 5.41) is 16.9. The van der Waals surface area contributed by atoms with Crippen LogP contribution in [0.1, 0.15) is 43.0 Å². The number of aromatic nitrogens is 2. The van der Waals surface area contributed by atoms with E-state index in [2.05, 4.69) is 15.5 Å². The van der Waals surface area contributed by atoms with Gasteiger partial charge in [0.1, 0.15) is 0 Å². The number of carbonyl (C=O) groups excluding carboxylic acids is 1. The fourth-order valence-electron chi connectivity index (χ4n) is 3.04. The van der Waals surface area contributed by atoms with Gasteiger partial charge in [0.05, 0.1) is 6.10 Å². The van der Waals surface area contributed by atoms with E-state index in [4.69, 9.17) is 4.52 Å². The minimum atomic E-state index is -0.350. The molecule has 1 amide bonds. The Morgan fingerprint density at radius 1 is 1.39 bits per heavy atom. The van der Waals surface area contributed by atoms with Crippen molar-refractivity contribution in [3.63, 3.8) is 0 Å². The van der Waals surface area contributed by atoms with E-state index in [1.165, 1.54) is 6.39 Å². The summed E-state index contributed by atoms with van der Waals surface area (Å²) in [4.78, 5) is 16.3. The number of rotatable bonds is 4. The average molecular weight is 315 g/mol. The molecule has 2 N–H and O–H groups in total. The highest BCUT2D eigenvalue weighted by molar-refractivity contribution is 5.94. The maximum absolute atomic E-state index is 12.3. The van der Waals surface area contributed by atoms with Crippen LogP contribution in [0, 0.1) is 5.41 Å². The first-order chi connectivity index (χ1) is 11.1. The Bertz CT molecular complexity index is 654. The minimum Gasteiger partial charge on any atom is -0.392 e. The smallest absolute Gasteiger partial charge is 0.251 e. The second-order valence-electron chi connectivity index (χ2n) is 6.43. The van der Waals surface area contributed by atoms with Gasteiger partial charge >= 0.3 is 0 Å². The minimum absolute atomic E-state index is 0.135. The molecule has 1 saturated carbocycles. The fourth-order valence-corrected chi connectivity index (χ4v) is 3.04. The van der Waals surface area contributed by atoms with E-state index in [0.717, 1.165) is 31.2 Å². The maximum atomic E-state index is 12.3. The highest BCUT2D eigenvalue weighted by Gasteiger charge is 2.35. The summed E-state index contributed by atoms with van der Waals surface area (Å²) >= 11 is 0. The molecule has 3 rings (SSSR count). The van der Waals surface area contributed by atoms with Crippen LogP contribution in [0.15, 0.2) is 35.2 Å². The van der Waals surface area contributed by atoms with E-state index >= 15 is 0 Å². The van der Waals surface area contributed by atoms with Gasteiger partial charge in [-0.3, -0.25) is 4.79 Å². The molecule has 122 valence electrons. The number of benzene rings is 1. The molecule has 6 heteroatoms.